The van der Waals surface area contributed by atoms with Crippen LogP contribution in [-0.2, 0) is 5.41 Å². The summed E-state index contributed by atoms with van der Waals surface area (Å²) >= 11 is 0. The van der Waals surface area contributed by atoms with Crippen molar-refractivity contribution >= 4 is 0 Å². The topological polar surface area (TPSA) is 0 Å². The first kappa shape index (κ1) is 14.3. The highest BCUT2D eigenvalue weighted by molar-refractivity contribution is 5.42. The van der Waals surface area contributed by atoms with Gasteiger partial charge in [-0.1, -0.05) is 39.3 Å². The molecule has 17 heavy (non-hydrogen) atoms. The van der Waals surface area contributed by atoms with Crippen LogP contribution >= 0.6 is 0 Å². The van der Waals surface area contributed by atoms with Gasteiger partial charge in [0.1, 0.15) is 0 Å². The molecular weight excluding hydrogens is 204 g/mol. The maximum absolute atomic E-state index is 2.38. The summed E-state index contributed by atoms with van der Waals surface area (Å²) in [7, 11) is 0. The summed E-state index contributed by atoms with van der Waals surface area (Å²) in [5.41, 5.74) is 6.40. The van der Waals surface area contributed by atoms with Crippen molar-refractivity contribution in [2.45, 2.75) is 72.6 Å². The van der Waals surface area contributed by atoms with E-state index in [1.165, 1.54) is 42.4 Å². The molecule has 0 amide bonds. The summed E-state index contributed by atoms with van der Waals surface area (Å²) in [6.45, 7) is 13.8. The lowest BCUT2D eigenvalue weighted by Crippen LogP contribution is -2.25. The Labute approximate surface area is 107 Å². The molecule has 0 saturated heterocycles. The van der Waals surface area contributed by atoms with E-state index in [0.717, 1.165) is 0 Å². The summed E-state index contributed by atoms with van der Waals surface area (Å²) in [5, 5.41) is 0. The van der Waals surface area contributed by atoms with Gasteiger partial charge in [0, 0.05) is 0 Å². The molecular formula is C17H28. The number of benzene rings is 1. The zero-order valence-corrected chi connectivity index (χ0v) is 12.5. The molecule has 0 atom stereocenters. The van der Waals surface area contributed by atoms with Gasteiger partial charge < -0.3 is 0 Å². The van der Waals surface area contributed by atoms with Crippen LogP contribution in [0.25, 0.3) is 0 Å². The van der Waals surface area contributed by atoms with Crippen molar-refractivity contribution in [1.29, 1.82) is 0 Å². The molecule has 0 bridgehead atoms. The van der Waals surface area contributed by atoms with E-state index < -0.39 is 0 Å². The maximum atomic E-state index is 2.38. The minimum atomic E-state index is 0.400. The average Bonchev–Trinajstić information content (AvgIpc) is 2.34. The van der Waals surface area contributed by atoms with Crippen molar-refractivity contribution in [1.82, 2.24) is 0 Å². The first-order valence-corrected chi connectivity index (χ1v) is 7.09. The summed E-state index contributed by atoms with van der Waals surface area (Å²) in [6, 6.07) is 4.67. The van der Waals surface area contributed by atoms with Gasteiger partial charge in [0.05, 0.1) is 0 Å². The van der Waals surface area contributed by atoms with Crippen LogP contribution in [0.2, 0.25) is 0 Å². The zero-order valence-electron chi connectivity index (χ0n) is 12.5. The van der Waals surface area contributed by atoms with E-state index in [1.54, 1.807) is 5.56 Å². The number of aryl methyl sites for hydroxylation is 1. The molecule has 1 rings (SSSR count). The van der Waals surface area contributed by atoms with Crippen molar-refractivity contribution in [3.05, 3.63) is 34.4 Å². The largest absolute Gasteiger partial charge is 0.0654 e. The molecule has 0 heterocycles. The Balaban J connectivity index is 3.33. The Morgan fingerprint density at radius 1 is 0.882 bits per heavy atom. The minimum Gasteiger partial charge on any atom is -0.0654 e. The smallest absolute Gasteiger partial charge is 0.00496 e. The highest BCUT2D eigenvalue weighted by Gasteiger charge is 2.29. The highest BCUT2D eigenvalue weighted by Crippen LogP contribution is 2.39. The van der Waals surface area contributed by atoms with Crippen LogP contribution < -0.4 is 0 Å². The van der Waals surface area contributed by atoms with Gasteiger partial charge in [-0.15, -0.1) is 0 Å². The first-order chi connectivity index (χ1) is 8.02. The van der Waals surface area contributed by atoms with E-state index in [2.05, 4.69) is 53.7 Å². The normalized spacial score (nSPS) is 11.9. The van der Waals surface area contributed by atoms with Gasteiger partial charge in [0.2, 0.25) is 0 Å². The molecule has 1 aromatic carbocycles. The van der Waals surface area contributed by atoms with Gasteiger partial charge in [0.15, 0.2) is 0 Å². The standard InChI is InChI=1S/C17H28/c1-7-12-17(8-2,9-3)16-11-10-13(4)14(5)15(16)6/h10-11H,7-9,12H2,1-6H3. The Bertz CT molecular complexity index is 370. The molecule has 0 nitrogen and oxygen atoms in total. The van der Waals surface area contributed by atoms with E-state index in [0.29, 0.717) is 5.41 Å². The number of rotatable bonds is 5. The van der Waals surface area contributed by atoms with Crippen LogP contribution in [0.1, 0.15) is 68.7 Å². The monoisotopic (exact) mass is 232 g/mol. The van der Waals surface area contributed by atoms with E-state index in [9.17, 15) is 0 Å². The first-order valence-electron chi connectivity index (χ1n) is 7.09. The van der Waals surface area contributed by atoms with E-state index >= 15 is 0 Å². The highest BCUT2D eigenvalue weighted by atomic mass is 14.3. The van der Waals surface area contributed by atoms with Crippen LogP contribution in [0.5, 0.6) is 0 Å². The number of hydrogen-bond acceptors (Lipinski definition) is 0. The Morgan fingerprint density at radius 2 is 1.47 bits per heavy atom. The third-order valence-electron chi connectivity index (χ3n) is 4.71. The van der Waals surface area contributed by atoms with Crippen molar-refractivity contribution in [2.24, 2.45) is 0 Å². The molecule has 0 aliphatic rings. The van der Waals surface area contributed by atoms with Crippen LogP contribution in [0, 0.1) is 20.8 Å². The predicted octanol–water partition coefficient (Wildman–Crippen LogP) is 5.47. The molecule has 0 N–H and O–H groups in total. The Kier molecular flexibility index (Phi) is 4.80. The second-order valence-corrected chi connectivity index (χ2v) is 5.42. The molecule has 0 aliphatic carbocycles. The SMILES string of the molecule is CCCC(CC)(CC)c1ccc(C)c(C)c1C. The molecule has 0 aromatic heterocycles. The summed E-state index contributed by atoms with van der Waals surface area (Å²) < 4.78 is 0. The van der Waals surface area contributed by atoms with Crippen LogP contribution in [-0.4, -0.2) is 0 Å². The molecule has 0 radical (unpaired) electrons. The van der Waals surface area contributed by atoms with Gasteiger partial charge in [0.25, 0.3) is 0 Å². The van der Waals surface area contributed by atoms with Crippen LogP contribution in [0.4, 0.5) is 0 Å². The predicted molar refractivity (Wildman–Crippen MR) is 77.8 cm³/mol. The van der Waals surface area contributed by atoms with Crippen LogP contribution in [0.15, 0.2) is 12.1 Å². The third kappa shape index (κ3) is 2.56. The molecule has 0 fully saturated rings. The van der Waals surface area contributed by atoms with Gasteiger partial charge in [-0.3, -0.25) is 0 Å². The number of hydrogen-bond donors (Lipinski definition) is 0. The molecule has 1 aromatic rings. The van der Waals surface area contributed by atoms with Gasteiger partial charge in [-0.2, -0.15) is 0 Å². The molecule has 0 aliphatic heterocycles. The summed E-state index contributed by atoms with van der Waals surface area (Å²) in [4.78, 5) is 0. The summed E-state index contributed by atoms with van der Waals surface area (Å²) in [5.74, 6) is 0. The van der Waals surface area contributed by atoms with Gasteiger partial charge >= 0.3 is 0 Å². The third-order valence-corrected chi connectivity index (χ3v) is 4.71. The van der Waals surface area contributed by atoms with E-state index in [-0.39, 0.29) is 0 Å². The molecule has 96 valence electrons. The van der Waals surface area contributed by atoms with Crippen molar-refractivity contribution < 1.29 is 0 Å². The van der Waals surface area contributed by atoms with E-state index in [1.807, 2.05) is 0 Å². The van der Waals surface area contributed by atoms with Gasteiger partial charge in [-0.25, -0.2) is 0 Å². The Hall–Kier alpha value is -0.780. The fourth-order valence-corrected chi connectivity index (χ4v) is 3.13. The van der Waals surface area contributed by atoms with Crippen molar-refractivity contribution in [3.8, 4) is 0 Å². The lowest BCUT2D eigenvalue weighted by atomic mass is 9.70. The molecule has 0 heteroatoms. The van der Waals surface area contributed by atoms with Crippen molar-refractivity contribution in [3.63, 3.8) is 0 Å². The second-order valence-electron chi connectivity index (χ2n) is 5.42. The molecule has 0 spiro atoms. The zero-order chi connectivity index (χ0) is 13.1. The summed E-state index contributed by atoms with van der Waals surface area (Å²) in [6.07, 6.45) is 5.08. The van der Waals surface area contributed by atoms with Crippen molar-refractivity contribution in [2.75, 3.05) is 0 Å². The lowest BCUT2D eigenvalue weighted by molar-refractivity contribution is 0.359. The second kappa shape index (κ2) is 5.71. The maximum Gasteiger partial charge on any atom is -0.00496 e. The van der Waals surface area contributed by atoms with E-state index in [4.69, 9.17) is 0 Å². The fourth-order valence-electron chi connectivity index (χ4n) is 3.13. The van der Waals surface area contributed by atoms with Crippen LogP contribution in [0.3, 0.4) is 0 Å². The van der Waals surface area contributed by atoms with Gasteiger partial charge in [-0.05, 0) is 67.7 Å². The minimum absolute atomic E-state index is 0.400. The Morgan fingerprint density at radius 3 is 1.94 bits per heavy atom. The average molecular weight is 232 g/mol. The lowest BCUT2D eigenvalue weighted by Gasteiger charge is -2.34. The fraction of sp³-hybridized carbons (Fsp3) is 0.647. The molecule has 0 saturated carbocycles. The molecule has 0 unspecified atom stereocenters. The quantitative estimate of drug-likeness (QED) is 0.631.